The first kappa shape index (κ1) is 33.2. The van der Waals surface area contributed by atoms with Gasteiger partial charge in [-0.05, 0) is 81.3 Å². The average molecular weight is 718 g/mol. The third-order valence-electron chi connectivity index (χ3n) is 10.5. The van der Waals surface area contributed by atoms with Gasteiger partial charge in [0.05, 0.1) is 0 Å². The van der Waals surface area contributed by atoms with Crippen LogP contribution in [0.4, 0.5) is 0 Å². The standard InChI is InChI=1S/C52H35N3O/c1-34-13-11-12-20-44(34)38-25-27-41(28-26-38)51-53-50(40-18-9-4-10-19-40)54-52(55-51)42-29-30-45-47(32-42)56-48-33-43(36-16-7-3-8-17-36)31-46(49(45)48)39-23-21-37(22-24-39)35-14-5-2-6-15-35/h2-33H,1H3. The van der Waals surface area contributed by atoms with Gasteiger partial charge in [-0.1, -0.05) is 170 Å². The van der Waals surface area contributed by atoms with E-state index in [1.165, 1.54) is 22.3 Å². The quantitative estimate of drug-likeness (QED) is 0.165. The van der Waals surface area contributed by atoms with Crippen LogP contribution in [0.3, 0.4) is 0 Å². The van der Waals surface area contributed by atoms with Crippen molar-refractivity contribution in [2.24, 2.45) is 0 Å². The zero-order chi connectivity index (χ0) is 37.4. The number of aromatic nitrogens is 3. The first-order valence-electron chi connectivity index (χ1n) is 18.8. The number of hydrogen-bond donors (Lipinski definition) is 0. The second-order valence-electron chi connectivity index (χ2n) is 14.1. The Kier molecular flexibility index (Phi) is 8.34. The van der Waals surface area contributed by atoms with E-state index in [9.17, 15) is 0 Å². The Morgan fingerprint density at radius 1 is 0.321 bits per heavy atom. The van der Waals surface area contributed by atoms with Crippen molar-refractivity contribution in [3.8, 4) is 78.7 Å². The van der Waals surface area contributed by atoms with Crippen LogP contribution in [0.25, 0.3) is 101 Å². The second kappa shape index (κ2) is 14.1. The number of furan rings is 1. The van der Waals surface area contributed by atoms with Crippen LogP contribution in [0.1, 0.15) is 5.56 Å². The van der Waals surface area contributed by atoms with Gasteiger partial charge in [0.15, 0.2) is 17.5 Å². The Hall–Kier alpha value is -7.43. The third-order valence-corrected chi connectivity index (χ3v) is 10.5. The average Bonchev–Trinajstić information content (AvgIpc) is 3.65. The summed E-state index contributed by atoms with van der Waals surface area (Å²) in [5.41, 5.74) is 14.8. The summed E-state index contributed by atoms with van der Waals surface area (Å²) in [6.07, 6.45) is 0. The molecular weight excluding hydrogens is 683 g/mol. The lowest BCUT2D eigenvalue weighted by Gasteiger charge is -2.10. The molecule has 0 saturated carbocycles. The van der Waals surface area contributed by atoms with E-state index in [1.54, 1.807) is 0 Å². The Bertz CT molecular complexity index is 2990. The molecule has 2 heterocycles. The van der Waals surface area contributed by atoms with E-state index >= 15 is 0 Å². The molecule has 0 amide bonds. The molecule has 4 nitrogen and oxygen atoms in total. The highest BCUT2D eigenvalue weighted by Crippen LogP contribution is 2.41. The lowest BCUT2D eigenvalue weighted by atomic mass is 9.93. The molecule has 0 saturated heterocycles. The molecule has 56 heavy (non-hydrogen) atoms. The molecule has 0 radical (unpaired) electrons. The Labute approximate surface area is 325 Å². The van der Waals surface area contributed by atoms with Gasteiger partial charge in [-0.15, -0.1) is 0 Å². The summed E-state index contributed by atoms with van der Waals surface area (Å²) in [5, 5.41) is 2.11. The summed E-state index contributed by atoms with van der Waals surface area (Å²) < 4.78 is 6.76. The van der Waals surface area contributed by atoms with Crippen molar-refractivity contribution in [3.05, 3.63) is 200 Å². The number of fused-ring (bicyclic) bond motifs is 3. The molecule has 0 aliphatic carbocycles. The number of nitrogens with zero attached hydrogens (tertiary/aromatic N) is 3. The zero-order valence-corrected chi connectivity index (χ0v) is 30.7. The summed E-state index contributed by atoms with van der Waals surface area (Å²) in [5.74, 6) is 1.82. The van der Waals surface area contributed by atoms with E-state index in [2.05, 4.69) is 159 Å². The highest BCUT2D eigenvalue weighted by atomic mass is 16.3. The predicted molar refractivity (Wildman–Crippen MR) is 230 cm³/mol. The monoisotopic (exact) mass is 717 g/mol. The molecule has 0 fully saturated rings. The fourth-order valence-corrected chi connectivity index (χ4v) is 7.59. The van der Waals surface area contributed by atoms with Gasteiger partial charge in [0, 0.05) is 27.5 Å². The van der Waals surface area contributed by atoms with Crippen molar-refractivity contribution in [1.29, 1.82) is 0 Å². The van der Waals surface area contributed by atoms with Gasteiger partial charge in [-0.2, -0.15) is 0 Å². The maximum Gasteiger partial charge on any atom is 0.164 e. The molecule has 0 atom stereocenters. The molecule has 10 aromatic rings. The van der Waals surface area contributed by atoms with Crippen LogP contribution in [-0.2, 0) is 0 Å². The van der Waals surface area contributed by atoms with Crippen molar-refractivity contribution in [3.63, 3.8) is 0 Å². The molecule has 2 aromatic heterocycles. The SMILES string of the molecule is Cc1ccccc1-c1ccc(-c2nc(-c3ccccc3)nc(-c3ccc4c(c3)oc3cc(-c5ccccc5)cc(-c5ccc(-c6ccccc6)cc5)c34)n2)cc1. The second-order valence-corrected chi connectivity index (χ2v) is 14.1. The van der Waals surface area contributed by atoms with Gasteiger partial charge in [0.25, 0.3) is 0 Å². The Balaban J connectivity index is 1.10. The molecule has 10 rings (SSSR count). The number of benzene rings is 8. The van der Waals surface area contributed by atoms with E-state index in [1.807, 2.05) is 42.5 Å². The van der Waals surface area contributed by atoms with Gasteiger partial charge in [0.1, 0.15) is 11.2 Å². The Morgan fingerprint density at radius 3 is 1.38 bits per heavy atom. The summed E-state index contributed by atoms with van der Waals surface area (Å²) in [6.45, 7) is 2.14. The number of aryl methyl sites for hydroxylation is 1. The van der Waals surface area contributed by atoms with Crippen LogP contribution in [0.2, 0.25) is 0 Å². The highest BCUT2D eigenvalue weighted by molar-refractivity contribution is 6.14. The van der Waals surface area contributed by atoms with Crippen LogP contribution in [0.5, 0.6) is 0 Å². The molecule has 8 aromatic carbocycles. The van der Waals surface area contributed by atoms with Crippen molar-refractivity contribution in [1.82, 2.24) is 15.0 Å². The largest absolute Gasteiger partial charge is 0.456 e. The summed E-state index contributed by atoms with van der Waals surface area (Å²) in [7, 11) is 0. The van der Waals surface area contributed by atoms with Crippen molar-refractivity contribution in [2.75, 3.05) is 0 Å². The molecule has 0 aliphatic heterocycles. The first-order chi connectivity index (χ1) is 27.6. The van der Waals surface area contributed by atoms with Gasteiger partial charge < -0.3 is 4.42 Å². The first-order valence-corrected chi connectivity index (χ1v) is 18.8. The van der Waals surface area contributed by atoms with Crippen molar-refractivity contribution < 1.29 is 4.42 Å². The fraction of sp³-hybridized carbons (Fsp3) is 0.0192. The normalized spacial score (nSPS) is 11.3. The predicted octanol–water partition coefficient (Wildman–Crippen LogP) is 13.7. The van der Waals surface area contributed by atoms with Crippen molar-refractivity contribution in [2.45, 2.75) is 6.92 Å². The van der Waals surface area contributed by atoms with E-state index in [4.69, 9.17) is 19.4 Å². The molecule has 4 heteroatoms. The molecule has 0 N–H and O–H groups in total. The van der Waals surface area contributed by atoms with Crippen molar-refractivity contribution >= 4 is 21.9 Å². The van der Waals surface area contributed by atoms with Crippen LogP contribution < -0.4 is 0 Å². The minimum absolute atomic E-state index is 0.584. The van der Waals surface area contributed by atoms with Crippen LogP contribution in [0, 0.1) is 6.92 Å². The van der Waals surface area contributed by atoms with E-state index in [0.29, 0.717) is 17.5 Å². The molecule has 0 spiro atoms. The summed E-state index contributed by atoms with van der Waals surface area (Å²) in [4.78, 5) is 15.1. The number of rotatable bonds is 7. The van der Waals surface area contributed by atoms with Crippen LogP contribution in [-0.4, -0.2) is 15.0 Å². The number of hydrogen-bond acceptors (Lipinski definition) is 4. The molecule has 0 aliphatic rings. The fourth-order valence-electron chi connectivity index (χ4n) is 7.59. The highest BCUT2D eigenvalue weighted by Gasteiger charge is 2.18. The molecular formula is C52H35N3O. The Morgan fingerprint density at radius 2 is 0.750 bits per heavy atom. The molecule has 0 unspecified atom stereocenters. The maximum absolute atomic E-state index is 6.76. The maximum atomic E-state index is 6.76. The third kappa shape index (κ3) is 6.23. The topological polar surface area (TPSA) is 51.8 Å². The zero-order valence-electron chi connectivity index (χ0n) is 30.7. The van der Waals surface area contributed by atoms with Gasteiger partial charge in [0.2, 0.25) is 0 Å². The lowest BCUT2D eigenvalue weighted by Crippen LogP contribution is -2.00. The van der Waals surface area contributed by atoms with Crippen LogP contribution in [0.15, 0.2) is 199 Å². The summed E-state index contributed by atoms with van der Waals surface area (Å²) >= 11 is 0. The van der Waals surface area contributed by atoms with E-state index in [-0.39, 0.29) is 0 Å². The van der Waals surface area contributed by atoms with Crippen LogP contribution >= 0.6 is 0 Å². The smallest absolute Gasteiger partial charge is 0.164 e. The van der Waals surface area contributed by atoms with E-state index < -0.39 is 0 Å². The van der Waals surface area contributed by atoms with Gasteiger partial charge in [-0.25, -0.2) is 15.0 Å². The minimum atomic E-state index is 0.584. The summed E-state index contributed by atoms with van der Waals surface area (Å²) in [6, 6.07) is 67.5. The minimum Gasteiger partial charge on any atom is -0.456 e. The lowest BCUT2D eigenvalue weighted by molar-refractivity contribution is 0.669. The van der Waals surface area contributed by atoms with E-state index in [0.717, 1.165) is 66.4 Å². The van der Waals surface area contributed by atoms with Gasteiger partial charge in [-0.3, -0.25) is 0 Å². The van der Waals surface area contributed by atoms with Gasteiger partial charge >= 0.3 is 0 Å². The molecule has 0 bridgehead atoms. The molecule has 264 valence electrons.